The third kappa shape index (κ3) is 5.77. The Morgan fingerprint density at radius 2 is 1.68 bits per heavy atom. The van der Waals surface area contributed by atoms with Crippen LogP contribution in [-0.2, 0) is 6.54 Å². The number of hydrogen-bond donors (Lipinski definition) is 1. The van der Waals surface area contributed by atoms with Crippen molar-refractivity contribution in [1.82, 2.24) is 14.1 Å². The molecule has 1 fully saturated rings. The van der Waals surface area contributed by atoms with E-state index in [0.29, 0.717) is 29.7 Å². The Hall–Kier alpha value is -0.500. The number of nitrogens with two attached hydrogens (primary N) is 1. The molecular weight excluding hydrogens is 469 g/mol. The highest BCUT2D eigenvalue weighted by atomic mass is 35.6. The van der Waals surface area contributed by atoms with E-state index in [-0.39, 0.29) is 42.0 Å². The molecule has 1 saturated carbocycles. The van der Waals surface area contributed by atoms with Crippen molar-refractivity contribution in [2.75, 3.05) is 0 Å². The number of aromatic nitrogens is 3. The van der Waals surface area contributed by atoms with Crippen molar-refractivity contribution in [3.63, 3.8) is 0 Å². The second kappa shape index (κ2) is 11.0. The molecule has 2 aromatic heterocycles. The minimum atomic E-state index is -0.750. The summed E-state index contributed by atoms with van der Waals surface area (Å²) < 4.78 is 2.72. The largest absolute Gasteiger partial charge is 0.328 e. The van der Waals surface area contributed by atoms with Gasteiger partial charge < -0.3 is 5.73 Å². The Labute approximate surface area is 190 Å². The summed E-state index contributed by atoms with van der Waals surface area (Å²) in [5.41, 5.74) is 7.20. The molecule has 0 unspecified atom stereocenters. The molecule has 0 amide bonds. The summed E-state index contributed by atoms with van der Waals surface area (Å²) in [7, 11) is 0. The van der Waals surface area contributed by atoms with Crippen LogP contribution in [0, 0.1) is 5.92 Å². The van der Waals surface area contributed by atoms with Crippen LogP contribution in [0.25, 0.3) is 11.2 Å². The van der Waals surface area contributed by atoms with Crippen LogP contribution >= 0.6 is 59.6 Å². The maximum Gasteiger partial charge on any atom is 0.270 e. The molecule has 1 atom stereocenters. The van der Waals surface area contributed by atoms with Gasteiger partial charge in [0.15, 0.2) is 4.30 Å². The third-order valence-corrected chi connectivity index (χ3v) is 5.17. The van der Waals surface area contributed by atoms with E-state index in [9.17, 15) is 9.59 Å². The first kappa shape index (κ1) is 25.5. The Bertz CT molecular complexity index is 885. The monoisotopic (exact) mass is 490 g/mol. The lowest BCUT2D eigenvalue weighted by Gasteiger charge is -2.28. The summed E-state index contributed by atoms with van der Waals surface area (Å²) in [6.45, 7) is 0.583. The van der Waals surface area contributed by atoms with Gasteiger partial charge in [-0.2, -0.15) is 0 Å². The smallest absolute Gasteiger partial charge is 0.270 e. The van der Waals surface area contributed by atoms with Gasteiger partial charge in [-0.1, -0.05) is 34.8 Å². The Morgan fingerprint density at radius 3 is 2.29 bits per heavy atom. The molecule has 28 heavy (non-hydrogen) atoms. The zero-order chi connectivity index (χ0) is 18.8. The maximum absolute atomic E-state index is 12.3. The fourth-order valence-electron chi connectivity index (χ4n) is 4.01. The molecule has 0 bridgehead atoms. The molecule has 2 N–H and O–H groups in total. The molecule has 2 aromatic rings. The summed E-state index contributed by atoms with van der Waals surface area (Å²) in [5, 5.41) is 0. The van der Waals surface area contributed by atoms with Crippen molar-refractivity contribution < 1.29 is 0 Å². The first-order chi connectivity index (χ1) is 12.4. The van der Waals surface area contributed by atoms with Crippen molar-refractivity contribution in [3.8, 4) is 0 Å². The van der Waals surface area contributed by atoms with Crippen LogP contribution in [0.15, 0.2) is 27.9 Å². The fourth-order valence-corrected chi connectivity index (χ4v) is 4.01. The van der Waals surface area contributed by atoms with E-state index >= 15 is 0 Å². The van der Waals surface area contributed by atoms with Gasteiger partial charge in [0.25, 0.3) is 11.1 Å². The number of hydrogen-bond acceptors (Lipinski definition) is 4. The number of alkyl halides is 3. The number of pyridine rings is 1. The molecule has 0 radical (unpaired) electrons. The van der Waals surface area contributed by atoms with Gasteiger partial charge in [0.05, 0.1) is 12.2 Å². The lowest BCUT2D eigenvalue weighted by atomic mass is 9.82. The minimum Gasteiger partial charge on any atom is -0.328 e. The lowest BCUT2D eigenvalue weighted by molar-refractivity contribution is 0.266. The Balaban J connectivity index is 0.000000601. The second-order valence-electron chi connectivity index (χ2n) is 6.88. The summed E-state index contributed by atoms with van der Waals surface area (Å²) in [4.78, 5) is 28.5. The summed E-state index contributed by atoms with van der Waals surface area (Å²) in [6.07, 6.45) is 6.66. The topological polar surface area (TPSA) is 82.9 Å². The van der Waals surface area contributed by atoms with Gasteiger partial charge in [-0.05, 0) is 44.1 Å². The molecule has 4 rings (SSSR count). The van der Waals surface area contributed by atoms with Gasteiger partial charge in [0.2, 0.25) is 0 Å². The molecule has 1 aliphatic carbocycles. The lowest BCUT2D eigenvalue weighted by Crippen LogP contribution is -2.29. The van der Waals surface area contributed by atoms with E-state index in [1.54, 1.807) is 15.2 Å². The SMILES string of the molecule is Cl.Cl.ClC(Cl)Cl.NC1CCC(C[C@@H]2Cn3c(=O)ccc4ncc(=O)n2c43)CC1. The molecule has 11 heteroatoms. The van der Waals surface area contributed by atoms with Crippen LogP contribution in [0.1, 0.15) is 38.1 Å². The van der Waals surface area contributed by atoms with Gasteiger partial charge >= 0.3 is 0 Å². The highest BCUT2D eigenvalue weighted by molar-refractivity contribution is 6.63. The van der Waals surface area contributed by atoms with Crippen molar-refractivity contribution in [2.45, 2.75) is 55.0 Å². The zero-order valence-corrected chi connectivity index (χ0v) is 18.9. The second-order valence-corrected chi connectivity index (χ2v) is 8.85. The molecule has 0 aromatic carbocycles. The summed E-state index contributed by atoms with van der Waals surface area (Å²) in [5.74, 6) is 0.588. The van der Waals surface area contributed by atoms with Crippen molar-refractivity contribution >= 4 is 70.8 Å². The summed E-state index contributed by atoms with van der Waals surface area (Å²) >= 11 is 14.4. The van der Waals surface area contributed by atoms with E-state index in [0.717, 1.165) is 32.1 Å². The Kier molecular flexibility index (Phi) is 10.1. The molecule has 2 aliphatic rings. The van der Waals surface area contributed by atoms with Gasteiger partial charge in [-0.3, -0.25) is 18.7 Å². The van der Waals surface area contributed by atoms with Gasteiger partial charge in [0, 0.05) is 18.7 Å². The standard InChI is InChI=1S/C16H20N4O2.CHCl3.2ClH/c17-11-3-1-10(2-4-11)7-12-9-19-14(21)6-5-13-16(19)20(12)15(22)8-18-13;2-1(3)4;;/h5-6,8,10-12H,1-4,7,9,17H2;1H;2*1H/t10?,11?,12-;;;/m1.../s1. The normalized spacial score (nSPS) is 22.8. The van der Waals surface area contributed by atoms with Crippen LogP contribution in [0.3, 0.4) is 0 Å². The van der Waals surface area contributed by atoms with E-state index in [1.165, 1.54) is 12.3 Å². The van der Waals surface area contributed by atoms with Crippen LogP contribution in [0.4, 0.5) is 0 Å². The van der Waals surface area contributed by atoms with Crippen molar-refractivity contribution in [2.24, 2.45) is 11.7 Å². The van der Waals surface area contributed by atoms with Gasteiger partial charge in [-0.25, -0.2) is 4.98 Å². The molecule has 0 spiro atoms. The fraction of sp³-hybridized carbons (Fsp3) is 0.588. The summed E-state index contributed by atoms with van der Waals surface area (Å²) in [6, 6.07) is 3.63. The van der Waals surface area contributed by atoms with Crippen LogP contribution in [-0.4, -0.2) is 24.5 Å². The van der Waals surface area contributed by atoms with Crippen LogP contribution in [0.2, 0.25) is 0 Å². The molecule has 3 heterocycles. The van der Waals surface area contributed by atoms with Crippen molar-refractivity contribution in [1.29, 1.82) is 0 Å². The first-order valence-electron chi connectivity index (χ1n) is 8.65. The van der Waals surface area contributed by atoms with Crippen molar-refractivity contribution in [3.05, 3.63) is 39.0 Å². The van der Waals surface area contributed by atoms with E-state index in [1.807, 2.05) is 0 Å². The van der Waals surface area contributed by atoms with E-state index in [2.05, 4.69) is 4.98 Å². The molecule has 0 saturated heterocycles. The predicted molar refractivity (Wildman–Crippen MR) is 120 cm³/mol. The van der Waals surface area contributed by atoms with E-state index < -0.39 is 4.30 Å². The highest BCUT2D eigenvalue weighted by Gasteiger charge is 2.30. The van der Waals surface area contributed by atoms with E-state index in [4.69, 9.17) is 40.5 Å². The van der Waals surface area contributed by atoms with Crippen LogP contribution < -0.4 is 16.9 Å². The predicted octanol–water partition coefficient (Wildman–Crippen LogP) is 3.85. The number of nitrogens with zero attached hydrogens (tertiary/aromatic N) is 3. The molecule has 6 nitrogen and oxygen atoms in total. The average molecular weight is 493 g/mol. The minimum absolute atomic E-state index is 0. The average Bonchev–Trinajstić information content (AvgIpc) is 2.96. The Morgan fingerprint density at radius 1 is 1.07 bits per heavy atom. The highest BCUT2D eigenvalue weighted by Crippen LogP contribution is 2.33. The molecule has 158 valence electrons. The first-order valence-corrected chi connectivity index (χ1v) is 9.96. The number of halogens is 5. The maximum atomic E-state index is 12.3. The molecular formula is C17H23Cl5N4O2. The quantitative estimate of drug-likeness (QED) is 0.646. The molecule has 1 aliphatic heterocycles. The van der Waals surface area contributed by atoms with Gasteiger partial charge in [-0.15, -0.1) is 24.8 Å². The zero-order valence-electron chi connectivity index (χ0n) is 15.0. The third-order valence-electron chi connectivity index (χ3n) is 5.17. The van der Waals surface area contributed by atoms with Crippen LogP contribution in [0.5, 0.6) is 0 Å². The van der Waals surface area contributed by atoms with Gasteiger partial charge in [0.1, 0.15) is 11.2 Å². The number of rotatable bonds is 2.